The molecule has 9 heteroatoms. The molecule has 1 aromatic rings. The van der Waals surface area contributed by atoms with E-state index in [0.717, 1.165) is 13.1 Å². The van der Waals surface area contributed by atoms with Gasteiger partial charge in [0.2, 0.25) is 15.9 Å². The number of hydrogen-bond acceptors (Lipinski definition) is 5. The Balaban J connectivity index is 2.02. The standard InChI is InChI=1S/C15H27N5O3S/c1-3-19(4-2)24(22,23)13-11-17-14(21)15(6-9-16-10-7-15)20-12-5-8-18-20/h5,8,12,16H,3-4,6-7,9-11,13H2,1-2H3,(H,17,21). The van der Waals surface area contributed by atoms with Crippen molar-refractivity contribution in [1.29, 1.82) is 0 Å². The molecule has 1 fully saturated rings. The molecule has 2 heterocycles. The quantitative estimate of drug-likeness (QED) is 0.669. The van der Waals surface area contributed by atoms with Gasteiger partial charge < -0.3 is 10.6 Å². The summed E-state index contributed by atoms with van der Waals surface area (Å²) in [5.41, 5.74) is -0.742. The van der Waals surface area contributed by atoms with Crippen LogP contribution in [0, 0.1) is 0 Å². The van der Waals surface area contributed by atoms with Gasteiger partial charge in [0.25, 0.3) is 0 Å². The van der Waals surface area contributed by atoms with Crippen LogP contribution in [0.15, 0.2) is 18.5 Å². The predicted molar refractivity (Wildman–Crippen MR) is 92.0 cm³/mol. The lowest BCUT2D eigenvalue weighted by atomic mass is 9.87. The molecule has 8 nitrogen and oxygen atoms in total. The summed E-state index contributed by atoms with van der Waals surface area (Å²) >= 11 is 0. The fourth-order valence-corrected chi connectivity index (χ4v) is 4.53. The van der Waals surface area contributed by atoms with Gasteiger partial charge in [-0.05, 0) is 32.0 Å². The summed E-state index contributed by atoms with van der Waals surface area (Å²) in [5, 5.41) is 10.3. The van der Waals surface area contributed by atoms with Crippen molar-refractivity contribution in [3.8, 4) is 0 Å². The molecule has 0 aromatic carbocycles. The van der Waals surface area contributed by atoms with Crippen molar-refractivity contribution < 1.29 is 13.2 Å². The van der Waals surface area contributed by atoms with E-state index in [2.05, 4.69) is 15.7 Å². The van der Waals surface area contributed by atoms with Crippen molar-refractivity contribution in [1.82, 2.24) is 24.7 Å². The molecule has 24 heavy (non-hydrogen) atoms. The van der Waals surface area contributed by atoms with Gasteiger partial charge in [0.1, 0.15) is 5.54 Å². The first-order valence-corrected chi connectivity index (χ1v) is 10.0. The van der Waals surface area contributed by atoms with E-state index in [9.17, 15) is 13.2 Å². The minimum atomic E-state index is -3.34. The van der Waals surface area contributed by atoms with Crippen molar-refractivity contribution in [2.24, 2.45) is 0 Å². The molecule has 0 unspecified atom stereocenters. The van der Waals surface area contributed by atoms with Gasteiger partial charge in [-0.2, -0.15) is 5.10 Å². The largest absolute Gasteiger partial charge is 0.353 e. The van der Waals surface area contributed by atoms with Crippen molar-refractivity contribution in [2.75, 3.05) is 38.5 Å². The molecule has 0 aliphatic carbocycles. The smallest absolute Gasteiger partial charge is 0.248 e. The van der Waals surface area contributed by atoms with Crippen molar-refractivity contribution in [3.05, 3.63) is 18.5 Å². The molecule has 1 amide bonds. The normalized spacial score (nSPS) is 17.8. The third-order valence-electron chi connectivity index (χ3n) is 4.54. The first-order valence-electron chi connectivity index (χ1n) is 8.43. The van der Waals surface area contributed by atoms with Crippen molar-refractivity contribution in [2.45, 2.75) is 32.2 Å². The van der Waals surface area contributed by atoms with Crippen LogP contribution in [0.3, 0.4) is 0 Å². The van der Waals surface area contributed by atoms with E-state index in [-0.39, 0.29) is 18.2 Å². The fraction of sp³-hybridized carbons (Fsp3) is 0.733. The summed E-state index contributed by atoms with van der Waals surface area (Å²) in [7, 11) is -3.34. The molecule has 2 N–H and O–H groups in total. The molecule has 0 saturated carbocycles. The molecular formula is C15H27N5O3S. The van der Waals surface area contributed by atoms with Crippen LogP contribution in [0.4, 0.5) is 0 Å². The Morgan fingerprint density at radius 1 is 1.33 bits per heavy atom. The fourth-order valence-electron chi connectivity index (χ4n) is 3.13. The van der Waals surface area contributed by atoms with Gasteiger partial charge in [-0.15, -0.1) is 0 Å². The van der Waals surface area contributed by atoms with E-state index in [1.165, 1.54) is 4.31 Å². The Morgan fingerprint density at radius 3 is 2.54 bits per heavy atom. The van der Waals surface area contributed by atoms with Crippen LogP contribution in [0.1, 0.15) is 26.7 Å². The second-order valence-corrected chi connectivity index (χ2v) is 7.98. The third-order valence-corrected chi connectivity index (χ3v) is 6.56. The van der Waals surface area contributed by atoms with Crippen LogP contribution < -0.4 is 10.6 Å². The van der Waals surface area contributed by atoms with Crippen LogP contribution >= 0.6 is 0 Å². The maximum absolute atomic E-state index is 12.8. The number of carbonyl (C=O) groups is 1. The highest BCUT2D eigenvalue weighted by atomic mass is 32.2. The van der Waals surface area contributed by atoms with Gasteiger partial charge in [-0.1, -0.05) is 13.8 Å². The number of sulfonamides is 1. The number of nitrogens with zero attached hydrogens (tertiary/aromatic N) is 3. The minimum absolute atomic E-state index is 0.0894. The summed E-state index contributed by atoms with van der Waals surface area (Å²) in [5.74, 6) is -0.254. The van der Waals surface area contributed by atoms with Crippen molar-refractivity contribution >= 4 is 15.9 Å². The Bertz CT molecular complexity index is 620. The SMILES string of the molecule is CCN(CC)S(=O)(=O)CCNC(=O)C1(n2cccn2)CCNCC1. The molecule has 2 rings (SSSR count). The predicted octanol–water partition coefficient (Wildman–Crippen LogP) is -0.250. The van der Waals surface area contributed by atoms with E-state index in [1.54, 1.807) is 37.0 Å². The Kier molecular flexibility index (Phi) is 6.36. The summed E-state index contributed by atoms with van der Waals surface area (Å²) in [4.78, 5) is 12.8. The first kappa shape index (κ1) is 18.9. The number of rotatable bonds is 8. The zero-order chi connectivity index (χ0) is 17.6. The van der Waals surface area contributed by atoms with E-state index >= 15 is 0 Å². The molecule has 1 saturated heterocycles. The van der Waals surface area contributed by atoms with Gasteiger partial charge >= 0.3 is 0 Å². The highest BCUT2D eigenvalue weighted by Crippen LogP contribution is 2.27. The zero-order valence-corrected chi connectivity index (χ0v) is 15.2. The van der Waals surface area contributed by atoms with E-state index in [0.29, 0.717) is 25.9 Å². The number of hydrogen-bond donors (Lipinski definition) is 2. The summed E-state index contributed by atoms with van der Waals surface area (Å²) < 4.78 is 27.5. The lowest BCUT2D eigenvalue weighted by molar-refractivity contribution is -0.131. The average Bonchev–Trinajstić information content (AvgIpc) is 3.11. The molecule has 1 aromatic heterocycles. The number of piperidine rings is 1. The number of amides is 1. The molecule has 0 bridgehead atoms. The number of carbonyl (C=O) groups excluding carboxylic acids is 1. The molecular weight excluding hydrogens is 330 g/mol. The highest BCUT2D eigenvalue weighted by Gasteiger charge is 2.41. The van der Waals surface area contributed by atoms with Gasteiger partial charge in [0.05, 0.1) is 5.75 Å². The van der Waals surface area contributed by atoms with Gasteiger partial charge in [-0.25, -0.2) is 12.7 Å². The monoisotopic (exact) mass is 357 g/mol. The minimum Gasteiger partial charge on any atom is -0.353 e. The second kappa shape index (κ2) is 8.09. The summed E-state index contributed by atoms with van der Waals surface area (Å²) in [6.45, 7) is 6.05. The lowest BCUT2D eigenvalue weighted by Crippen LogP contribution is -2.55. The third kappa shape index (κ3) is 3.96. The Labute approximate surface area is 143 Å². The topological polar surface area (TPSA) is 96.3 Å². The number of nitrogens with one attached hydrogen (secondary N) is 2. The Hall–Kier alpha value is -1.45. The summed E-state index contributed by atoms with van der Waals surface area (Å²) in [6.07, 6.45) is 4.70. The average molecular weight is 357 g/mol. The van der Waals surface area contributed by atoms with Crippen LogP contribution in [0.25, 0.3) is 0 Å². The van der Waals surface area contributed by atoms with Gasteiger partial charge in [0.15, 0.2) is 0 Å². The molecule has 0 radical (unpaired) electrons. The molecule has 0 atom stereocenters. The van der Waals surface area contributed by atoms with Crippen LogP contribution in [0.5, 0.6) is 0 Å². The second-order valence-electron chi connectivity index (χ2n) is 5.89. The van der Waals surface area contributed by atoms with Gasteiger partial charge in [-0.3, -0.25) is 9.48 Å². The first-order chi connectivity index (χ1) is 11.5. The molecule has 1 aliphatic heterocycles. The number of aromatic nitrogens is 2. The maximum atomic E-state index is 12.8. The van der Waals surface area contributed by atoms with Crippen LogP contribution in [-0.4, -0.2) is 66.9 Å². The molecule has 1 aliphatic rings. The molecule has 0 spiro atoms. The maximum Gasteiger partial charge on any atom is 0.248 e. The van der Waals surface area contributed by atoms with Crippen molar-refractivity contribution in [3.63, 3.8) is 0 Å². The van der Waals surface area contributed by atoms with Gasteiger partial charge in [0, 0.05) is 32.0 Å². The highest BCUT2D eigenvalue weighted by molar-refractivity contribution is 7.89. The Morgan fingerprint density at radius 2 is 2.00 bits per heavy atom. The van der Waals surface area contributed by atoms with Crippen LogP contribution in [-0.2, 0) is 20.4 Å². The molecule has 136 valence electrons. The van der Waals surface area contributed by atoms with E-state index in [4.69, 9.17) is 0 Å². The lowest BCUT2D eigenvalue weighted by Gasteiger charge is -2.36. The van der Waals surface area contributed by atoms with Crippen LogP contribution in [0.2, 0.25) is 0 Å². The summed E-state index contributed by atoms with van der Waals surface area (Å²) in [6, 6.07) is 1.79. The zero-order valence-electron chi connectivity index (χ0n) is 14.4. The van der Waals surface area contributed by atoms with E-state index < -0.39 is 15.6 Å². The van der Waals surface area contributed by atoms with E-state index in [1.807, 2.05) is 0 Å².